The zero-order valence-electron chi connectivity index (χ0n) is 26.8. The molecule has 6 rings (SSSR count). The molecule has 14 nitrogen and oxygen atoms in total. The summed E-state index contributed by atoms with van der Waals surface area (Å²) in [5.41, 5.74) is 3.27. The number of unbranched alkanes of at least 4 members (excludes halogenated alkanes) is 1. The van der Waals surface area contributed by atoms with Crippen LogP contribution in [0.4, 0.5) is 22.7 Å². The van der Waals surface area contributed by atoms with Gasteiger partial charge in [-0.3, -0.25) is 29.8 Å². The Morgan fingerprint density at radius 1 is 0.580 bits per heavy atom. The lowest BCUT2D eigenvalue weighted by molar-refractivity contribution is -0.383. The number of nitro benzene ring substituents is 2. The molecule has 0 bridgehead atoms. The van der Waals surface area contributed by atoms with Gasteiger partial charge in [-0.15, -0.1) is 0 Å². The number of non-ortho nitro benzene ring substituents is 2. The van der Waals surface area contributed by atoms with Crippen LogP contribution in [-0.4, -0.2) is 58.1 Å². The van der Waals surface area contributed by atoms with E-state index in [1.165, 1.54) is 12.1 Å². The highest BCUT2D eigenvalue weighted by Gasteiger charge is 2.20. The highest BCUT2D eigenvalue weighted by Crippen LogP contribution is 2.37. The van der Waals surface area contributed by atoms with Crippen LogP contribution < -0.4 is 10.6 Å². The number of nitrogens with zero attached hydrogens (tertiary/aromatic N) is 4. The highest BCUT2D eigenvalue weighted by molar-refractivity contribution is 6.12. The summed E-state index contributed by atoms with van der Waals surface area (Å²) in [4.78, 5) is 56.4. The predicted octanol–water partition coefficient (Wildman–Crippen LogP) is 7.08. The largest absolute Gasteiger partial charge is 0.464 e. The number of carbonyl (C=O) groups is 2. The van der Waals surface area contributed by atoms with E-state index in [1.54, 1.807) is 24.3 Å². The Bertz CT molecular complexity index is 2100. The number of pyridine rings is 2. The number of hydrogen-bond donors (Lipinski definition) is 2. The van der Waals surface area contributed by atoms with Crippen molar-refractivity contribution in [3.8, 4) is 0 Å². The number of ether oxygens (including phenoxy) is 2. The molecule has 0 radical (unpaired) electrons. The van der Waals surface area contributed by atoms with Gasteiger partial charge in [0.1, 0.15) is 24.0 Å². The van der Waals surface area contributed by atoms with Crippen LogP contribution in [0.3, 0.4) is 0 Å². The summed E-state index contributed by atoms with van der Waals surface area (Å²) in [6, 6.07) is 24.1. The number of rotatable bonds is 15. The van der Waals surface area contributed by atoms with Crippen molar-refractivity contribution in [2.24, 2.45) is 0 Å². The average molecular weight is 677 g/mol. The normalized spacial score (nSPS) is 11.1. The zero-order chi connectivity index (χ0) is 35.0. The number of fused-ring (bicyclic) bond motifs is 4. The molecular weight excluding hydrogens is 644 g/mol. The molecule has 0 aliphatic carbocycles. The summed E-state index contributed by atoms with van der Waals surface area (Å²) < 4.78 is 10.7. The van der Waals surface area contributed by atoms with Crippen molar-refractivity contribution in [3.63, 3.8) is 0 Å². The number of carbonyl (C=O) groups excluding carboxylic acids is 2. The molecule has 2 heterocycles. The fourth-order valence-corrected chi connectivity index (χ4v) is 5.89. The Morgan fingerprint density at radius 2 is 0.980 bits per heavy atom. The fraction of sp³-hybridized carbons (Fsp3) is 0.222. The molecule has 50 heavy (non-hydrogen) atoms. The smallest absolute Gasteiger partial charge is 0.305 e. The molecule has 4 aromatic carbocycles. The SMILES string of the molecule is O=C(CCCCC(=O)OCCNc1c2ccccc2nc2cccc([N+](=O)[O-])c12)OCCNc1c2ccccc2nc2cccc([N+](=O)[O-])c12. The van der Waals surface area contributed by atoms with E-state index in [4.69, 9.17) is 9.47 Å². The van der Waals surface area contributed by atoms with Crippen molar-refractivity contribution in [2.45, 2.75) is 25.7 Å². The molecule has 254 valence electrons. The molecule has 0 aliphatic rings. The lowest BCUT2D eigenvalue weighted by Gasteiger charge is -2.14. The second-order valence-electron chi connectivity index (χ2n) is 11.4. The molecule has 0 unspecified atom stereocenters. The first-order valence-corrected chi connectivity index (χ1v) is 16.0. The number of nitro groups is 2. The Hall–Kier alpha value is -6.44. The van der Waals surface area contributed by atoms with E-state index in [1.807, 2.05) is 48.5 Å². The van der Waals surface area contributed by atoms with Crippen LogP contribution in [0.1, 0.15) is 25.7 Å². The molecule has 6 aromatic rings. The van der Waals surface area contributed by atoms with Crippen LogP contribution in [0.5, 0.6) is 0 Å². The van der Waals surface area contributed by atoms with E-state index in [0.29, 0.717) is 67.8 Å². The molecule has 0 amide bonds. The van der Waals surface area contributed by atoms with E-state index in [0.717, 1.165) is 0 Å². The van der Waals surface area contributed by atoms with Crippen LogP contribution >= 0.6 is 0 Å². The number of hydrogen-bond acceptors (Lipinski definition) is 12. The van der Waals surface area contributed by atoms with Gasteiger partial charge in [-0.05, 0) is 37.1 Å². The third kappa shape index (κ3) is 7.33. The van der Waals surface area contributed by atoms with E-state index in [9.17, 15) is 29.8 Å². The first-order valence-electron chi connectivity index (χ1n) is 16.0. The summed E-state index contributed by atoms with van der Waals surface area (Å²) in [7, 11) is 0. The lowest BCUT2D eigenvalue weighted by Crippen LogP contribution is -2.15. The predicted molar refractivity (Wildman–Crippen MR) is 189 cm³/mol. The van der Waals surface area contributed by atoms with Crippen molar-refractivity contribution in [1.29, 1.82) is 0 Å². The highest BCUT2D eigenvalue weighted by atomic mass is 16.6. The topological polar surface area (TPSA) is 189 Å². The third-order valence-corrected chi connectivity index (χ3v) is 8.11. The second kappa shape index (κ2) is 15.2. The van der Waals surface area contributed by atoms with Crippen LogP contribution in [-0.2, 0) is 19.1 Å². The molecule has 0 atom stereocenters. The monoisotopic (exact) mass is 676 g/mol. The quantitative estimate of drug-likeness (QED) is 0.0370. The molecule has 2 N–H and O–H groups in total. The number of aromatic nitrogens is 2. The minimum Gasteiger partial charge on any atom is -0.464 e. The van der Waals surface area contributed by atoms with E-state index < -0.39 is 21.8 Å². The molecule has 2 aromatic heterocycles. The van der Waals surface area contributed by atoms with Crippen LogP contribution in [0, 0.1) is 20.2 Å². The minimum atomic E-state index is -0.446. The summed E-state index contributed by atoms with van der Waals surface area (Å²) in [5, 5.41) is 32.1. The van der Waals surface area contributed by atoms with E-state index >= 15 is 0 Å². The van der Waals surface area contributed by atoms with Crippen molar-refractivity contribution in [3.05, 3.63) is 105 Å². The third-order valence-electron chi connectivity index (χ3n) is 8.11. The maximum atomic E-state index is 12.3. The summed E-state index contributed by atoms with van der Waals surface area (Å²) in [6.45, 7) is 0.523. The number of nitrogens with one attached hydrogen (secondary N) is 2. The molecule has 0 fully saturated rings. The van der Waals surface area contributed by atoms with Gasteiger partial charge >= 0.3 is 11.9 Å². The van der Waals surface area contributed by atoms with Crippen molar-refractivity contribution in [1.82, 2.24) is 9.97 Å². The molecule has 0 aliphatic heterocycles. The first kappa shape index (κ1) is 33.5. The number of anilines is 2. The Balaban J connectivity index is 0.942. The summed E-state index contributed by atoms with van der Waals surface area (Å²) >= 11 is 0. The minimum absolute atomic E-state index is 0.0395. The molecule has 0 spiro atoms. The summed E-state index contributed by atoms with van der Waals surface area (Å²) in [6.07, 6.45) is 1.07. The maximum Gasteiger partial charge on any atom is 0.305 e. The Morgan fingerprint density at radius 3 is 1.40 bits per heavy atom. The van der Waals surface area contributed by atoms with Crippen molar-refractivity contribution in [2.75, 3.05) is 36.9 Å². The second-order valence-corrected chi connectivity index (χ2v) is 11.4. The summed E-state index contributed by atoms with van der Waals surface area (Å²) in [5.74, 6) is -0.851. The molecule has 14 heteroatoms. The van der Waals surface area contributed by atoms with Gasteiger partial charge in [0.2, 0.25) is 0 Å². The van der Waals surface area contributed by atoms with Crippen LogP contribution in [0.2, 0.25) is 0 Å². The van der Waals surface area contributed by atoms with Gasteiger partial charge in [-0.25, -0.2) is 9.97 Å². The number of esters is 2. The maximum absolute atomic E-state index is 12.3. The van der Waals surface area contributed by atoms with Gasteiger partial charge in [0, 0.05) is 48.8 Å². The van der Waals surface area contributed by atoms with Gasteiger partial charge in [-0.1, -0.05) is 48.5 Å². The van der Waals surface area contributed by atoms with Gasteiger partial charge in [0.05, 0.1) is 43.3 Å². The van der Waals surface area contributed by atoms with Crippen LogP contribution in [0.15, 0.2) is 84.9 Å². The van der Waals surface area contributed by atoms with Crippen molar-refractivity contribution >= 4 is 78.3 Å². The van der Waals surface area contributed by atoms with Gasteiger partial charge in [0.15, 0.2) is 0 Å². The van der Waals surface area contributed by atoms with Crippen LogP contribution in [0.25, 0.3) is 43.6 Å². The number of benzene rings is 4. The Kier molecular flexibility index (Phi) is 10.2. The number of para-hydroxylation sites is 2. The van der Waals surface area contributed by atoms with E-state index in [-0.39, 0.29) is 50.5 Å². The average Bonchev–Trinajstić information content (AvgIpc) is 3.12. The molecule has 0 saturated heterocycles. The van der Waals surface area contributed by atoms with Gasteiger partial charge in [-0.2, -0.15) is 0 Å². The van der Waals surface area contributed by atoms with Gasteiger partial charge < -0.3 is 20.1 Å². The first-order chi connectivity index (χ1) is 24.3. The zero-order valence-corrected chi connectivity index (χ0v) is 26.8. The fourth-order valence-electron chi connectivity index (χ4n) is 5.89. The lowest BCUT2D eigenvalue weighted by atomic mass is 10.1. The van der Waals surface area contributed by atoms with Gasteiger partial charge in [0.25, 0.3) is 11.4 Å². The van der Waals surface area contributed by atoms with Crippen molar-refractivity contribution < 1.29 is 28.9 Å². The molecule has 0 saturated carbocycles. The molecular formula is C36H32N6O8. The standard InChI is InChI=1S/C36H32N6O8/c43-31(49-21-19-37-35-23-9-1-3-11-25(23)39-27-13-7-15-29(33(27)35)41(45)46)17-5-6-18-32(44)50-22-20-38-36-24-10-2-4-12-26(24)40-28-14-8-16-30(34(28)36)42(47)48/h1-4,7-16H,5-6,17-22H2,(H,37,39)(H,38,40). The Labute approximate surface area is 284 Å². The van der Waals surface area contributed by atoms with E-state index in [2.05, 4.69) is 20.6 Å².